The Labute approximate surface area is 139 Å². The zero-order chi connectivity index (χ0) is 16.7. The van der Waals surface area contributed by atoms with E-state index in [0.29, 0.717) is 12.3 Å². The molecule has 0 aromatic heterocycles. The number of nitrogens with one attached hydrogen (secondary N) is 2. The molecule has 2 fully saturated rings. The van der Waals surface area contributed by atoms with Crippen LogP contribution in [0.5, 0.6) is 0 Å². The third kappa shape index (κ3) is 6.13. The van der Waals surface area contributed by atoms with Crippen LogP contribution in [0.2, 0.25) is 0 Å². The SMILES string of the molecule is CC(O)(CNC(=O)CNC(=O)CC1CCCC1)C1CCCCC1. The summed E-state index contributed by atoms with van der Waals surface area (Å²) in [5.41, 5.74) is -0.857. The van der Waals surface area contributed by atoms with Gasteiger partial charge in [0.2, 0.25) is 11.8 Å². The molecule has 23 heavy (non-hydrogen) atoms. The second-order valence-corrected chi connectivity index (χ2v) is 7.60. The molecule has 3 N–H and O–H groups in total. The summed E-state index contributed by atoms with van der Waals surface area (Å²) in [6.07, 6.45) is 10.8. The zero-order valence-corrected chi connectivity index (χ0v) is 14.4. The molecule has 5 nitrogen and oxygen atoms in total. The molecule has 0 spiro atoms. The maximum atomic E-state index is 11.9. The molecule has 132 valence electrons. The molecule has 0 bridgehead atoms. The molecule has 5 heteroatoms. The van der Waals surface area contributed by atoms with E-state index in [-0.39, 0.29) is 30.8 Å². The molecule has 1 unspecified atom stereocenters. The lowest BCUT2D eigenvalue weighted by molar-refractivity contribution is -0.127. The number of aliphatic hydroxyl groups is 1. The van der Waals surface area contributed by atoms with Crippen LogP contribution in [0.25, 0.3) is 0 Å². The lowest BCUT2D eigenvalue weighted by atomic mass is 9.78. The van der Waals surface area contributed by atoms with E-state index in [2.05, 4.69) is 10.6 Å². The lowest BCUT2D eigenvalue weighted by Crippen LogP contribution is -2.48. The second kappa shape index (κ2) is 8.67. The summed E-state index contributed by atoms with van der Waals surface area (Å²) in [7, 11) is 0. The quantitative estimate of drug-likeness (QED) is 0.671. The van der Waals surface area contributed by atoms with Gasteiger partial charge in [-0.3, -0.25) is 9.59 Å². The highest BCUT2D eigenvalue weighted by atomic mass is 16.3. The van der Waals surface area contributed by atoms with Gasteiger partial charge in [0.05, 0.1) is 12.1 Å². The van der Waals surface area contributed by atoms with E-state index in [9.17, 15) is 14.7 Å². The Bertz CT molecular complexity index is 397. The number of rotatable bonds is 7. The first-order valence-corrected chi connectivity index (χ1v) is 9.23. The standard InChI is InChI=1S/C18H32N2O3/c1-18(23,15-9-3-2-4-10-15)13-20-17(22)12-19-16(21)11-14-7-5-6-8-14/h14-15,23H,2-13H2,1H3,(H,19,21)(H,20,22). The molecule has 0 heterocycles. The minimum Gasteiger partial charge on any atom is -0.388 e. The Hall–Kier alpha value is -1.10. The third-order valence-corrected chi connectivity index (χ3v) is 5.52. The molecular formula is C18H32N2O3. The van der Waals surface area contributed by atoms with Crippen LogP contribution in [-0.4, -0.2) is 35.6 Å². The van der Waals surface area contributed by atoms with Crippen LogP contribution in [-0.2, 0) is 9.59 Å². The first-order valence-electron chi connectivity index (χ1n) is 9.23. The van der Waals surface area contributed by atoms with Crippen molar-refractivity contribution >= 4 is 11.8 Å². The number of hydrogen-bond acceptors (Lipinski definition) is 3. The molecule has 2 aliphatic rings. The highest BCUT2D eigenvalue weighted by molar-refractivity contribution is 5.84. The highest BCUT2D eigenvalue weighted by Gasteiger charge is 2.33. The summed E-state index contributed by atoms with van der Waals surface area (Å²) in [6.45, 7) is 2.07. The summed E-state index contributed by atoms with van der Waals surface area (Å²) < 4.78 is 0. The summed E-state index contributed by atoms with van der Waals surface area (Å²) >= 11 is 0. The fourth-order valence-corrected chi connectivity index (χ4v) is 3.94. The van der Waals surface area contributed by atoms with Crippen LogP contribution < -0.4 is 10.6 Å². The van der Waals surface area contributed by atoms with Crippen molar-refractivity contribution in [2.45, 2.75) is 76.7 Å². The topological polar surface area (TPSA) is 78.4 Å². The highest BCUT2D eigenvalue weighted by Crippen LogP contribution is 2.32. The van der Waals surface area contributed by atoms with Gasteiger partial charge in [0, 0.05) is 13.0 Å². The molecule has 2 amide bonds. The third-order valence-electron chi connectivity index (χ3n) is 5.52. The number of carbonyl (C=O) groups excluding carboxylic acids is 2. The number of amides is 2. The molecule has 0 aromatic rings. The first-order chi connectivity index (χ1) is 11.0. The van der Waals surface area contributed by atoms with E-state index in [1.165, 1.54) is 19.3 Å². The molecule has 2 rings (SSSR count). The van der Waals surface area contributed by atoms with Gasteiger partial charge in [-0.15, -0.1) is 0 Å². The van der Waals surface area contributed by atoms with Gasteiger partial charge in [-0.05, 0) is 44.4 Å². The van der Waals surface area contributed by atoms with Gasteiger partial charge in [-0.1, -0.05) is 32.1 Å². The summed E-state index contributed by atoms with van der Waals surface area (Å²) in [5.74, 6) is 0.491. The smallest absolute Gasteiger partial charge is 0.239 e. The fraction of sp³-hybridized carbons (Fsp3) is 0.889. The summed E-state index contributed by atoms with van der Waals surface area (Å²) in [6, 6.07) is 0. The Kier molecular flexibility index (Phi) is 6.88. The normalized spacial score (nSPS) is 22.5. The maximum absolute atomic E-state index is 11.9. The van der Waals surface area contributed by atoms with E-state index >= 15 is 0 Å². The van der Waals surface area contributed by atoms with E-state index in [0.717, 1.165) is 38.5 Å². The van der Waals surface area contributed by atoms with Crippen molar-refractivity contribution in [3.05, 3.63) is 0 Å². The molecule has 1 atom stereocenters. The van der Waals surface area contributed by atoms with Gasteiger partial charge in [0.25, 0.3) is 0 Å². The maximum Gasteiger partial charge on any atom is 0.239 e. The lowest BCUT2D eigenvalue weighted by Gasteiger charge is -2.35. The van der Waals surface area contributed by atoms with Crippen LogP contribution >= 0.6 is 0 Å². The number of carbonyl (C=O) groups is 2. The average Bonchev–Trinajstić information content (AvgIpc) is 3.05. The van der Waals surface area contributed by atoms with E-state index in [4.69, 9.17) is 0 Å². The van der Waals surface area contributed by atoms with Crippen molar-refractivity contribution in [2.75, 3.05) is 13.1 Å². The molecule has 2 saturated carbocycles. The largest absolute Gasteiger partial charge is 0.388 e. The monoisotopic (exact) mass is 324 g/mol. The van der Waals surface area contributed by atoms with Gasteiger partial charge < -0.3 is 15.7 Å². The van der Waals surface area contributed by atoms with Gasteiger partial charge in [0.15, 0.2) is 0 Å². The molecule has 2 aliphatic carbocycles. The minimum atomic E-state index is -0.857. The van der Waals surface area contributed by atoms with Crippen LogP contribution in [0, 0.1) is 11.8 Å². The molecule has 0 radical (unpaired) electrons. The molecule has 0 aromatic carbocycles. The zero-order valence-electron chi connectivity index (χ0n) is 14.4. The Balaban J connectivity index is 1.62. The predicted octanol–water partition coefficient (Wildman–Crippen LogP) is 2.13. The van der Waals surface area contributed by atoms with Crippen LogP contribution in [0.3, 0.4) is 0 Å². The second-order valence-electron chi connectivity index (χ2n) is 7.60. The predicted molar refractivity (Wildman–Crippen MR) is 89.8 cm³/mol. The summed E-state index contributed by atoms with van der Waals surface area (Å²) in [5, 5.41) is 16.0. The Morgan fingerprint density at radius 1 is 0.957 bits per heavy atom. The van der Waals surface area contributed by atoms with E-state index in [1.807, 2.05) is 6.92 Å². The van der Waals surface area contributed by atoms with Crippen molar-refractivity contribution in [1.29, 1.82) is 0 Å². The summed E-state index contributed by atoms with van der Waals surface area (Å²) in [4.78, 5) is 23.7. The van der Waals surface area contributed by atoms with Crippen molar-refractivity contribution < 1.29 is 14.7 Å². The van der Waals surface area contributed by atoms with E-state index < -0.39 is 5.60 Å². The van der Waals surface area contributed by atoms with Crippen molar-refractivity contribution in [3.8, 4) is 0 Å². The van der Waals surface area contributed by atoms with Gasteiger partial charge >= 0.3 is 0 Å². The van der Waals surface area contributed by atoms with Crippen LogP contribution in [0.15, 0.2) is 0 Å². The first kappa shape index (κ1) is 18.2. The van der Waals surface area contributed by atoms with Gasteiger partial charge in [-0.25, -0.2) is 0 Å². The van der Waals surface area contributed by atoms with E-state index in [1.54, 1.807) is 0 Å². The van der Waals surface area contributed by atoms with Crippen molar-refractivity contribution in [3.63, 3.8) is 0 Å². The average molecular weight is 324 g/mol. The Morgan fingerprint density at radius 3 is 2.22 bits per heavy atom. The minimum absolute atomic E-state index is 0.00625. The molecular weight excluding hydrogens is 292 g/mol. The molecule has 0 saturated heterocycles. The van der Waals surface area contributed by atoms with Crippen LogP contribution in [0.4, 0.5) is 0 Å². The fourth-order valence-electron chi connectivity index (χ4n) is 3.94. The van der Waals surface area contributed by atoms with Gasteiger partial charge in [0.1, 0.15) is 0 Å². The number of hydrogen-bond donors (Lipinski definition) is 3. The van der Waals surface area contributed by atoms with Crippen LogP contribution in [0.1, 0.15) is 71.1 Å². The molecule has 0 aliphatic heterocycles. The Morgan fingerprint density at radius 2 is 1.57 bits per heavy atom. The van der Waals surface area contributed by atoms with Crippen molar-refractivity contribution in [1.82, 2.24) is 10.6 Å². The van der Waals surface area contributed by atoms with Gasteiger partial charge in [-0.2, -0.15) is 0 Å². The van der Waals surface area contributed by atoms with Crippen molar-refractivity contribution in [2.24, 2.45) is 11.8 Å².